The molecule has 1 N–H and O–H groups in total. The lowest BCUT2D eigenvalue weighted by Crippen LogP contribution is -2.63. The van der Waals surface area contributed by atoms with Gasteiger partial charge >= 0.3 is 0 Å². The van der Waals surface area contributed by atoms with E-state index in [4.69, 9.17) is 4.74 Å². The second-order valence-corrected chi connectivity index (χ2v) is 5.58. The highest BCUT2D eigenvalue weighted by molar-refractivity contribution is 4.98. The standard InChI is InChI=1S/C12H24N2O/c1-12(2)9-13-11(10-4-5-10)8-14(12)6-7-15-3/h10-11,13H,4-9H2,1-3H3. The van der Waals surface area contributed by atoms with E-state index in [2.05, 4.69) is 24.1 Å². The van der Waals surface area contributed by atoms with Gasteiger partial charge in [-0.05, 0) is 32.6 Å². The van der Waals surface area contributed by atoms with Crippen molar-refractivity contribution in [2.75, 3.05) is 33.4 Å². The van der Waals surface area contributed by atoms with Gasteiger partial charge in [0.05, 0.1) is 6.61 Å². The summed E-state index contributed by atoms with van der Waals surface area (Å²) in [6.07, 6.45) is 2.85. The first kappa shape index (κ1) is 11.4. The van der Waals surface area contributed by atoms with Crippen molar-refractivity contribution < 1.29 is 4.74 Å². The van der Waals surface area contributed by atoms with Gasteiger partial charge in [-0.1, -0.05) is 0 Å². The zero-order valence-electron chi connectivity index (χ0n) is 10.3. The molecule has 1 saturated heterocycles. The Morgan fingerprint density at radius 2 is 2.13 bits per heavy atom. The van der Waals surface area contributed by atoms with E-state index in [1.807, 2.05) is 0 Å². The first-order chi connectivity index (χ1) is 7.13. The van der Waals surface area contributed by atoms with Crippen LogP contribution in [0.25, 0.3) is 0 Å². The molecule has 0 spiro atoms. The van der Waals surface area contributed by atoms with E-state index in [1.54, 1.807) is 7.11 Å². The van der Waals surface area contributed by atoms with Crippen LogP contribution in [-0.2, 0) is 4.74 Å². The summed E-state index contributed by atoms with van der Waals surface area (Å²) in [5, 5.41) is 3.70. The highest BCUT2D eigenvalue weighted by Crippen LogP contribution is 2.35. The maximum absolute atomic E-state index is 5.19. The van der Waals surface area contributed by atoms with E-state index in [1.165, 1.54) is 19.4 Å². The second kappa shape index (κ2) is 4.40. The number of methoxy groups -OCH3 is 1. The quantitative estimate of drug-likeness (QED) is 0.755. The summed E-state index contributed by atoms with van der Waals surface area (Å²) in [5.74, 6) is 0.950. The summed E-state index contributed by atoms with van der Waals surface area (Å²) in [6.45, 7) is 8.85. The van der Waals surface area contributed by atoms with Gasteiger partial charge in [0.2, 0.25) is 0 Å². The number of nitrogens with one attached hydrogen (secondary N) is 1. The zero-order chi connectivity index (χ0) is 10.9. The Labute approximate surface area is 93.2 Å². The molecule has 15 heavy (non-hydrogen) atoms. The second-order valence-electron chi connectivity index (χ2n) is 5.58. The highest BCUT2D eigenvalue weighted by atomic mass is 16.5. The van der Waals surface area contributed by atoms with Crippen LogP contribution < -0.4 is 5.32 Å². The summed E-state index contributed by atoms with van der Waals surface area (Å²) in [6, 6.07) is 0.731. The fraction of sp³-hybridized carbons (Fsp3) is 1.00. The van der Waals surface area contributed by atoms with Gasteiger partial charge < -0.3 is 10.1 Å². The molecule has 3 nitrogen and oxygen atoms in total. The molecule has 0 radical (unpaired) electrons. The summed E-state index contributed by atoms with van der Waals surface area (Å²) in [5.41, 5.74) is 0.282. The van der Waals surface area contributed by atoms with Gasteiger partial charge in [0.15, 0.2) is 0 Å². The molecule has 0 aromatic carbocycles. The van der Waals surface area contributed by atoms with Gasteiger partial charge in [0, 0.05) is 38.3 Å². The summed E-state index contributed by atoms with van der Waals surface area (Å²) in [4.78, 5) is 2.58. The number of piperazine rings is 1. The van der Waals surface area contributed by atoms with Gasteiger partial charge in [0.25, 0.3) is 0 Å². The molecule has 1 heterocycles. The van der Waals surface area contributed by atoms with Crippen molar-refractivity contribution in [1.82, 2.24) is 10.2 Å². The van der Waals surface area contributed by atoms with Crippen LogP contribution in [0, 0.1) is 5.92 Å². The van der Waals surface area contributed by atoms with Crippen LogP contribution in [0.4, 0.5) is 0 Å². The van der Waals surface area contributed by atoms with Gasteiger partial charge in [-0.15, -0.1) is 0 Å². The first-order valence-electron chi connectivity index (χ1n) is 6.11. The van der Waals surface area contributed by atoms with Crippen LogP contribution in [0.15, 0.2) is 0 Å². The average molecular weight is 212 g/mol. The van der Waals surface area contributed by atoms with Crippen molar-refractivity contribution in [2.45, 2.75) is 38.3 Å². The summed E-state index contributed by atoms with van der Waals surface area (Å²) < 4.78 is 5.19. The van der Waals surface area contributed by atoms with E-state index in [9.17, 15) is 0 Å². The molecular weight excluding hydrogens is 188 g/mol. The van der Waals surface area contributed by atoms with Crippen LogP contribution in [0.5, 0.6) is 0 Å². The molecule has 88 valence electrons. The topological polar surface area (TPSA) is 24.5 Å². The molecule has 1 atom stereocenters. The smallest absolute Gasteiger partial charge is 0.0589 e. The number of hydrogen-bond acceptors (Lipinski definition) is 3. The van der Waals surface area contributed by atoms with E-state index >= 15 is 0 Å². The lowest BCUT2D eigenvalue weighted by atomic mass is 9.96. The molecule has 2 fully saturated rings. The number of rotatable bonds is 4. The molecule has 1 aliphatic carbocycles. The molecular formula is C12H24N2O. The van der Waals surface area contributed by atoms with Crippen molar-refractivity contribution in [1.29, 1.82) is 0 Å². The Kier molecular flexibility index (Phi) is 3.33. The molecule has 3 heteroatoms. The third-order valence-electron chi connectivity index (χ3n) is 3.83. The zero-order valence-corrected chi connectivity index (χ0v) is 10.3. The Balaban J connectivity index is 1.89. The Morgan fingerprint density at radius 1 is 1.40 bits per heavy atom. The van der Waals surface area contributed by atoms with Crippen molar-refractivity contribution in [2.24, 2.45) is 5.92 Å². The SMILES string of the molecule is COCCN1CC(C2CC2)NCC1(C)C. The summed E-state index contributed by atoms with van der Waals surface area (Å²) >= 11 is 0. The lowest BCUT2D eigenvalue weighted by molar-refractivity contribution is 0.0361. The molecule has 1 saturated carbocycles. The predicted octanol–water partition coefficient (Wildman–Crippen LogP) is 1.10. The van der Waals surface area contributed by atoms with Crippen molar-refractivity contribution in [3.05, 3.63) is 0 Å². The average Bonchev–Trinajstić information content (AvgIpc) is 2.99. The van der Waals surface area contributed by atoms with Crippen LogP contribution >= 0.6 is 0 Å². The van der Waals surface area contributed by atoms with E-state index in [0.29, 0.717) is 0 Å². The Bertz CT molecular complexity index is 214. The number of nitrogens with zero attached hydrogens (tertiary/aromatic N) is 1. The van der Waals surface area contributed by atoms with Crippen LogP contribution in [0.3, 0.4) is 0 Å². The van der Waals surface area contributed by atoms with Crippen molar-refractivity contribution in [3.8, 4) is 0 Å². The molecule has 0 aromatic heterocycles. The van der Waals surface area contributed by atoms with Gasteiger partial charge in [-0.2, -0.15) is 0 Å². The van der Waals surface area contributed by atoms with Crippen LogP contribution in [0.1, 0.15) is 26.7 Å². The molecule has 2 aliphatic rings. The fourth-order valence-electron chi connectivity index (χ4n) is 2.45. The normalized spacial score (nSPS) is 31.8. The van der Waals surface area contributed by atoms with E-state index < -0.39 is 0 Å². The van der Waals surface area contributed by atoms with Gasteiger partial charge in [0.1, 0.15) is 0 Å². The third-order valence-corrected chi connectivity index (χ3v) is 3.83. The minimum absolute atomic E-state index is 0.282. The number of ether oxygens (including phenoxy) is 1. The first-order valence-corrected chi connectivity index (χ1v) is 6.11. The molecule has 2 rings (SSSR count). The third kappa shape index (κ3) is 2.71. The number of hydrogen-bond donors (Lipinski definition) is 1. The molecule has 0 aromatic rings. The Morgan fingerprint density at radius 3 is 2.73 bits per heavy atom. The Hall–Kier alpha value is -0.120. The van der Waals surface area contributed by atoms with E-state index in [0.717, 1.165) is 31.7 Å². The summed E-state index contributed by atoms with van der Waals surface area (Å²) in [7, 11) is 1.79. The van der Waals surface area contributed by atoms with Gasteiger partial charge in [-0.3, -0.25) is 4.90 Å². The molecule has 1 unspecified atom stereocenters. The van der Waals surface area contributed by atoms with Gasteiger partial charge in [-0.25, -0.2) is 0 Å². The largest absolute Gasteiger partial charge is 0.383 e. The monoisotopic (exact) mass is 212 g/mol. The fourth-order valence-corrected chi connectivity index (χ4v) is 2.45. The maximum Gasteiger partial charge on any atom is 0.0589 e. The van der Waals surface area contributed by atoms with Crippen LogP contribution in [-0.4, -0.2) is 49.8 Å². The molecule has 0 bridgehead atoms. The predicted molar refractivity (Wildman–Crippen MR) is 62.0 cm³/mol. The maximum atomic E-state index is 5.19. The highest BCUT2D eigenvalue weighted by Gasteiger charge is 2.39. The minimum Gasteiger partial charge on any atom is -0.383 e. The van der Waals surface area contributed by atoms with E-state index in [-0.39, 0.29) is 5.54 Å². The lowest BCUT2D eigenvalue weighted by Gasteiger charge is -2.46. The van der Waals surface area contributed by atoms with Crippen LogP contribution in [0.2, 0.25) is 0 Å². The molecule has 0 amide bonds. The van der Waals surface area contributed by atoms with Crippen molar-refractivity contribution >= 4 is 0 Å². The minimum atomic E-state index is 0.282. The van der Waals surface area contributed by atoms with Crippen molar-refractivity contribution in [3.63, 3.8) is 0 Å². The molecule has 1 aliphatic heterocycles.